The van der Waals surface area contributed by atoms with Gasteiger partial charge >= 0.3 is 5.97 Å². The number of carboxylic acid groups (broad SMARTS) is 1. The molecule has 0 saturated carbocycles. The van der Waals surface area contributed by atoms with Gasteiger partial charge in [0.05, 0.1) is 12.7 Å². The minimum absolute atomic E-state index is 0.238. The molecule has 2 aromatic rings. The van der Waals surface area contributed by atoms with Crippen molar-refractivity contribution in [1.29, 1.82) is 0 Å². The molecule has 1 atom stereocenters. The first-order chi connectivity index (χ1) is 8.75. The molecule has 92 valence electrons. The van der Waals surface area contributed by atoms with E-state index in [1.54, 1.807) is 4.68 Å². The number of nitrogens with one attached hydrogen (secondary N) is 1. The number of nitrogens with zero attached hydrogens (tertiary/aromatic N) is 2. The third-order valence-corrected chi connectivity index (χ3v) is 3.25. The van der Waals surface area contributed by atoms with E-state index >= 15 is 0 Å². The highest BCUT2D eigenvalue weighted by Gasteiger charge is 2.24. The Labute approximate surface area is 104 Å². The zero-order chi connectivity index (χ0) is 12.5. The Morgan fingerprint density at radius 1 is 1.39 bits per heavy atom. The molecule has 1 aliphatic rings. The standard InChI is InChI=1S/C13H13N3O2/c17-13(18)11-7-15-16-8-10(6-14-12(11)16)9-4-2-1-3-5-9/h1-5,7,10,14H,6,8H2,(H,17,18). The molecule has 1 aromatic heterocycles. The number of carboxylic acids is 1. The molecule has 0 amide bonds. The molecule has 0 fully saturated rings. The highest BCUT2D eigenvalue weighted by atomic mass is 16.4. The molecule has 5 heteroatoms. The van der Waals surface area contributed by atoms with Crippen molar-refractivity contribution < 1.29 is 9.90 Å². The van der Waals surface area contributed by atoms with Crippen molar-refractivity contribution in [2.75, 3.05) is 11.9 Å². The van der Waals surface area contributed by atoms with E-state index in [4.69, 9.17) is 5.11 Å². The van der Waals surface area contributed by atoms with Gasteiger partial charge in [-0.1, -0.05) is 30.3 Å². The topological polar surface area (TPSA) is 67.1 Å². The van der Waals surface area contributed by atoms with Crippen LogP contribution < -0.4 is 5.32 Å². The molecular weight excluding hydrogens is 230 g/mol. The van der Waals surface area contributed by atoms with Crippen molar-refractivity contribution in [1.82, 2.24) is 9.78 Å². The molecule has 2 heterocycles. The van der Waals surface area contributed by atoms with Crippen LogP contribution in [0.4, 0.5) is 5.82 Å². The van der Waals surface area contributed by atoms with E-state index in [0.29, 0.717) is 18.3 Å². The normalized spacial score (nSPS) is 17.9. The molecule has 0 aliphatic carbocycles. The van der Waals surface area contributed by atoms with Gasteiger partial charge in [0, 0.05) is 12.5 Å². The first-order valence-corrected chi connectivity index (χ1v) is 5.83. The molecule has 1 unspecified atom stereocenters. The van der Waals surface area contributed by atoms with Crippen molar-refractivity contribution in [3.63, 3.8) is 0 Å². The van der Waals surface area contributed by atoms with E-state index in [-0.39, 0.29) is 5.56 Å². The maximum Gasteiger partial charge on any atom is 0.341 e. The van der Waals surface area contributed by atoms with Gasteiger partial charge in [-0.15, -0.1) is 0 Å². The van der Waals surface area contributed by atoms with E-state index in [1.807, 2.05) is 18.2 Å². The van der Waals surface area contributed by atoms with Crippen LogP contribution in [0, 0.1) is 0 Å². The van der Waals surface area contributed by atoms with E-state index < -0.39 is 5.97 Å². The smallest absolute Gasteiger partial charge is 0.341 e. The summed E-state index contributed by atoms with van der Waals surface area (Å²) in [6.45, 7) is 1.44. The fourth-order valence-corrected chi connectivity index (χ4v) is 2.31. The van der Waals surface area contributed by atoms with E-state index in [0.717, 1.165) is 6.54 Å². The number of fused-ring (bicyclic) bond motifs is 1. The van der Waals surface area contributed by atoms with Crippen LogP contribution in [0.5, 0.6) is 0 Å². The van der Waals surface area contributed by atoms with E-state index in [9.17, 15) is 4.79 Å². The lowest BCUT2D eigenvalue weighted by Crippen LogP contribution is -2.27. The van der Waals surface area contributed by atoms with Gasteiger partial charge in [0.1, 0.15) is 11.4 Å². The first kappa shape index (κ1) is 10.8. The van der Waals surface area contributed by atoms with Gasteiger partial charge in [-0.25, -0.2) is 9.48 Å². The number of hydrogen-bond donors (Lipinski definition) is 2. The fourth-order valence-electron chi connectivity index (χ4n) is 2.31. The molecular formula is C13H13N3O2. The Hall–Kier alpha value is -2.30. The van der Waals surface area contributed by atoms with Crippen LogP contribution in [0.1, 0.15) is 21.8 Å². The van der Waals surface area contributed by atoms with Gasteiger partial charge in [-0.2, -0.15) is 5.10 Å². The van der Waals surface area contributed by atoms with Crippen LogP contribution >= 0.6 is 0 Å². The summed E-state index contributed by atoms with van der Waals surface area (Å²) in [5.74, 6) is -0.0168. The third-order valence-electron chi connectivity index (χ3n) is 3.25. The van der Waals surface area contributed by atoms with Crippen LogP contribution in [-0.2, 0) is 6.54 Å². The van der Waals surface area contributed by atoms with Crippen molar-refractivity contribution in [2.24, 2.45) is 0 Å². The molecule has 2 N–H and O–H groups in total. The van der Waals surface area contributed by atoms with E-state index in [2.05, 4.69) is 22.5 Å². The number of rotatable bonds is 2. The van der Waals surface area contributed by atoms with Crippen LogP contribution in [0.2, 0.25) is 0 Å². The lowest BCUT2D eigenvalue weighted by atomic mass is 9.98. The largest absolute Gasteiger partial charge is 0.477 e. The molecule has 1 aliphatic heterocycles. The van der Waals surface area contributed by atoms with Gasteiger partial charge in [0.2, 0.25) is 0 Å². The molecule has 0 radical (unpaired) electrons. The average molecular weight is 243 g/mol. The molecule has 18 heavy (non-hydrogen) atoms. The third kappa shape index (κ3) is 1.73. The number of aromatic nitrogens is 2. The summed E-state index contributed by atoms with van der Waals surface area (Å²) < 4.78 is 1.73. The lowest BCUT2D eigenvalue weighted by molar-refractivity contribution is 0.0697. The zero-order valence-corrected chi connectivity index (χ0v) is 9.71. The molecule has 0 saturated heterocycles. The minimum Gasteiger partial charge on any atom is -0.477 e. The summed E-state index contributed by atoms with van der Waals surface area (Å²) >= 11 is 0. The van der Waals surface area contributed by atoms with Crippen molar-refractivity contribution >= 4 is 11.8 Å². The van der Waals surface area contributed by atoms with Gasteiger partial charge in [-0.3, -0.25) is 0 Å². The SMILES string of the molecule is O=C(O)c1cnn2c1NCC(c1ccccc1)C2. The zero-order valence-electron chi connectivity index (χ0n) is 9.71. The number of hydrogen-bond acceptors (Lipinski definition) is 3. The quantitative estimate of drug-likeness (QED) is 0.843. The van der Waals surface area contributed by atoms with Crippen LogP contribution in [0.15, 0.2) is 36.5 Å². The first-order valence-electron chi connectivity index (χ1n) is 5.83. The van der Waals surface area contributed by atoms with Crippen molar-refractivity contribution in [3.05, 3.63) is 47.7 Å². The summed E-state index contributed by atoms with van der Waals surface area (Å²) in [7, 11) is 0. The van der Waals surface area contributed by atoms with Crippen molar-refractivity contribution in [3.8, 4) is 0 Å². The monoisotopic (exact) mass is 243 g/mol. The Balaban J connectivity index is 1.89. The Kier molecular flexibility index (Phi) is 2.51. The number of aromatic carboxylic acids is 1. The molecule has 3 rings (SSSR count). The Bertz CT molecular complexity index is 577. The Morgan fingerprint density at radius 3 is 2.89 bits per heavy atom. The van der Waals surface area contributed by atoms with Crippen molar-refractivity contribution in [2.45, 2.75) is 12.5 Å². The molecule has 0 bridgehead atoms. The summed E-state index contributed by atoms with van der Waals surface area (Å²) in [5.41, 5.74) is 1.48. The fraction of sp³-hybridized carbons (Fsp3) is 0.231. The van der Waals surface area contributed by atoms with Crippen LogP contribution in [-0.4, -0.2) is 27.4 Å². The summed E-state index contributed by atoms with van der Waals surface area (Å²) in [5, 5.41) is 16.3. The number of anilines is 1. The van der Waals surface area contributed by atoms with Gasteiger partial charge in [0.15, 0.2) is 0 Å². The second-order valence-electron chi connectivity index (χ2n) is 4.38. The molecule has 5 nitrogen and oxygen atoms in total. The lowest BCUT2D eigenvalue weighted by Gasteiger charge is -2.25. The van der Waals surface area contributed by atoms with E-state index in [1.165, 1.54) is 11.8 Å². The second-order valence-corrected chi connectivity index (χ2v) is 4.38. The second kappa shape index (κ2) is 4.18. The Morgan fingerprint density at radius 2 is 2.17 bits per heavy atom. The summed E-state index contributed by atoms with van der Waals surface area (Å²) in [6.07, 6.45) is 1.40. The molecule has 1 aromatic carbocycles. The number of carbonyl (C=O) groups is 1. The van der Waals surface area contributed by atoms with Gasteiger partial charge < -0.3 is 10.4 Å². The predicted octanol–water partition coefficient (Wildman–Crippen LogP) is 1.79. The van der Waals surface area contributed by atoms with Crippen LogP contribution in [0.3, 0.4) is 0 Å². The minimum atomic E-state index is -0.943. The van der Waals surface area contributed by atoms with Gasteiger partial charge in [-0.05, 0) is 5.56 Å². The van der Waals surface area contributed by atoms with Crippen LogP contribution in [0.25, 0.3) is 0 Å². The van der Waals surface area contributed by atoms with Gasteiger partial charge in [0.25, 0.3) is 0 Å². The highest BCUT2D eigenvalue weighted by Crippen LogP contribution is 2.27. The summed E-state index contributed by atoms with van der Waals surface area (Å²) in [4.78, 5) is 11.0. The summed E-state index contributed by atoms with van der Waals surface area (Å²) in [6, 6.07) is 10.2. The number of benzene rings is 1. The average Bonchev–Trinajstić information content (AvgIpc) is 2.82. The predicted molar refractivity (Wildman–Crippen MR) is 66.9 cm³/mol. The molecule has 0 spiro atoms. The highest BCUT2D eigenvalue weighted by molar-refractivity contribution is 5.93. The maximum atomic E-state index is 11.0. The maximum absolute atomic E-state index is 11.0.